The van der Waals surface area contributed by atoms with Crippen LogP contribution in [0.1, 0.15) is 43.7 Å². The Bertz CT molecular complexity index is 1700. The van der Waals surface area contributed by atoms with Crippen molar-refractivity contribution >= 4 is 57.2 Å². The van der Waals surface area contributed by atoms with Crippen molar-refractivity contribution in [3.63, 3.8) is 0 Å². The first-order chi connectivity index (χ1) is 19.6. The van der Waals surface area contributed by atoms with Gasteiger partial charge in [0.05, 0.1) is 34.6 Å². The summed E-state index contributed by atoms with van der Waals surface area (Å²) in [6, 6.07) is 18.1. The lowest BCUT2D eigenvalue weighted by Crippen LogP contribution is -2.42. The molecule has 1 amide bonds. The number of amides is 1. The summed E-state index contributed by atoms with van der Waals surface area (Å²) in [6.45, 7) is 4.04. The molecule has 1 unspecified atom stereocenters. The van der Waals surface area contributed by atoms with Crippen LogP contribution >= 0.6 is 34.7 Å². The van der Waals surface area contributed by atoms with E-state index in [4.69, 9.17) is 17.3 Å². The molecule has 41 heavy (non-hydrogen) atoms. The third-order valence-corrected chi connectivity index (χ3v) is 9.11. The molecular formula is C29H24ClN7O2S2. The van der Waals surface area contributed by atoms with Crippen LogP contribution in [0, 0.1) is 28.1 Å². The van der Waals surface area contributed by atoms with Gasteiger partial charge >= 0.3 is 0 Å². The Balaban J connectivity index is 1.46. The van der Waals surface area contributed by atoms with Crippen molar-refractivity contribution < 1.29 is 9.59 Å². The van der Waals surface area contributed by atoms with Gasteiger partial charge in [0.2, 0.25) is 11.0 Å². The zero-order chi connectivity index (χ0) is 29.3. The summed E-state index contributed by atoms with van der Waals surface area (Å²) in [5, 5.41) is 31.8. The number of halogens is 1. The summed E-state index contributed by atoms with van der Waals surface area (Å²) < 4.78 is 0.512. The second kappa shape index (κ2) is 11.4. The highest BCUT2D eigenvalue weighted by Gasteiger charge is 2.45. The molecule has 0 fully saturated rings. The summed E-state index contributed by atoms with van der Waals surface area (Å²) in [4.78, 5) is 27.9. The monoisotopic (exact) mass is 601 g/mol. The minimum absolute atomic E-state index is 0.0429. The second-order valence-corrected chi connectivity index (χ2v) is 13.0. The maximum absolute atomic E-state index is 13.6. The molecule has 12 heteroatoms. The molecule has 2 aromatic carbocycles. The fourth-order valence-electron chi connectivity index (χ4n) is 5.07. The number of thioether (sulfide) groups is 1. The molecule has 3 aromatic rings. The van der Waals surface area contributed by atoms with E-state index in [0.29, 0.717) is 49.9 Å². The van der Waals surface area contributed by atoms with Gasteiger partial charge in [-0.1, -0.05) is 72.8 Å². The van der Waals surface area contributed by atoms with Gasteiger partial charge in [-0.2, -0.15) is 10.5 Å². The minimum Gasteiger partial charge on any atom is -0.384 e. The highest BCUT2D eigenvalue weighted by atomic mass is 35.5. The molecule has 0 radical (unpaired) electrons. The van der Waals surface area contributed by atoms with E-state index in [9.17, 15) is 20.1 Å². The summed E-state index contributed by atoms with van der Waals surface area (Å²) in [5.74, 6) is -0.727. The van der Waals surface area contributed by atoms with Gasteiger partial charge in [0, 0.05) is 22.7 Å². The number of rotatable bonds is 6. The van der Waals surface area contributed by atoms with Gasteiger partial charge < -0.3 is 11.1 Å². The highest BCUT2D eigenvalue weighted by molar-refractivity contribution is 8.01. The number of hydrogen-bond donors (Lipinski definition) is 2. The van der Waals surface area contributed by atoms with Crippen LogP contribution in [0.15, 0.2) is 75.5 Å². The topological polar surface area (TPSA) is 149 Å². The number of hydrogen-bond acceptors (Lipinski definition) is 10. The fraction of sp³-hybridized carbons (Fsp3) is 0.241. The zero-order valence-electron chi connectivity index (χ0n) is 22.1. The lowest BCUT2D eigenvalue weighted by molar-refractivity contribution is -0.118. The van der Waals surface area contributed by atoms with Gasteiger partial charge in [-0.15, -0.1) is 10.2 Å². The fourth-order valence-corrected chi connectivity index (χ4v) is 6.88. The van der Waals surface area contributed by atoms with Gasteiger partial charge in [0.25, 0.3) is 0 Å². The van der Waals surface area contributed by atoms with Crippen LogP contribution in [0.2, 0.25) is 5.02 Å². The Hall–Kier alpha value is -4.16. The lowest BCUT2D eigenvalue weighted by atomic mass is 9.69. The van der Waals surface area contributed by atoms with Crippen LogP contribution in [0.4, 0.5) is 10.8 Å². The molecule has 1 atom stereocenters. The van der Waals surface area contributed by atoms with Crippen molar-refractivity contribution in [3.8, 4) is 12.1 Å². The number of carbonyl (C=O) groups excluding carboxylic acids is 2. The average Bonchev–Trinajstić information content (AvgIpc) is 3.40. The summed E-state index contributed by atoms with van der Waals surface area (Å²) in [5.41, 5.74) is 9.37. The first-order valence-electron chi connectivity index (χ1n) is 12.6. The Kier molecular flexibility index (Phi) is 7.87. The van der Waals surface area contributed by atoms with Gasteiger partial charge in [0.1, 0.15) is 11.9 Å². The number of aromatic nitrogens is 2. The van der Waals surface area contributed by atoms with Gasteiger partial charge in [-0.3, -0.25) is 14.5 Å². The van der Waals surface area contributed by atoms with E-state index in [2.05, 4.69) is 27.7 Å². The Morgan fingerprint density at radius 1 is 1.17 bits per heavy atom. The Morgan fingerprint density at radius 2 is 1.90 bits per heavy atom. The van der Waals surface area contributed by atoms with Crippen molar-refractivity contribution in [1.82, 2.24) is 10.2 Å². The maximum atomic E-state index is 13.6. The highest BCUT2D eigenvalue weighted by Crippen LogP contribution is 2.50. The number of allylic oxidation sites excluding steroid dienone is 3. The largest absolute Gasteiger partial charge is 0.384 e. The molecule has 1 aromatic heterocycles. The molecule has 1 aliphatic heterocycles. The molecule has 1 aliphatic carbocycles. The number of nitrogens with one attached hydrogen (secondary N) is 1. The second-order valence-electron chi connectivity index (χ2n) is 10.4. The molecule has 206 valence electrons. The SMILES string of the molecule is CC1(C)CC(=O)C2=C(C1)N(c1nnc(SCC(=O)Nc3ccccc3C#N)s1)C(N)=C(C#N)C2c1ccc(Cl)cc1. The number of anilines is 2. The molecule has 5 rings (SSSR count). The Morgan fingerprint density at radius 3 is 2.61 bits per heavy atom. The van der Waals surface area contributed by atoms with Crippen LogP contribution in [-0.4, -0.2) is 27.6 Å². The van der Waals surface area contributed by atoms with Crippen LogP contribution in [0.5, 0.6) is 0 Å². The first kappa shape index (κ1) is 28.4. The van der Waals surface area contributed by atoms with E-state index < -0.39 is 5.92 Å². The molecule has 2 heterocycles. The molecule has 9 nitrogen and oxygen atoms in total. The predicted octanol–water partition coefficient (Wildman–Crippen LogP) is 5.73. The standard InChI is InChI=1S/C29H24ClN7O2S2/c1-29(2)11-21-25(22(38)12-29)24(16-7-9-18(30)10-8-16)19(14-32)26(33)37(21)27-35-36-28(41-27)40-15-23(39)34-20-6-4-3-5-17(20)13-31/h3-10,24H,11-12,15,33H2,1-2H3,(H,34,39). The number of nitrogens with zero attached hydrogens (tertiary/aromatic N) is 5. The molecule has 0 saturated carbocycles. The van der Waals surface area contributed by atoms with E-state index >= 15 is 0 Å². The van der Waals surface area contributed by atoms with Crippen molar-refractivity contribution in [1.29, 1.82) is 10.5 Å². The number of carbonyl (C=O) groups is 2. The van der Waals surface area contributed by atoms with Gasteiger partial charge in [-0.05, 0) is 41.7 Å². The van der Waals surface area contributed by atoms with Crippen molar-refractivity contribution in [2.45, 2.75) is 36.9 Å². The van der Waals surface area contributed by atoms with E-state index in [0.717, 1.165) is 5.56 Å². The minimum atomic E-state index is -0.617. The van der Waals surface area contributed by atoms with Crippen LogP contribution in [-0.2, 0) is 9.59 Å². The number of ketones is 1. The number of benzene rings is 2. The third-order valence-electron chi connectivity index (χ3n) is 6.82. The molecule has 3 N–H and O–H groups in total. The van der Waals surface area contributed by atoms with Crippen LogP contribution in [0.3, 0.4) is 0 Å². The zero-order valence-corrected chi connectivity index (χ0v) is 24.5. The van der Waals surface area contributed by atoms with Crippen molar-refractivity contribution in [2.75, 3.05) is 16.0 Å². The lowest BCUT2D eigenvalue weighted by Gasteiger charge is -2.42. The van der Waals surface area contributed by atoms with Crippen LogP contribution in [0.25, 0.3) is 0 Å². The first-order valence-corrected chi connectivity index (χ1v) is 14.8. The number of nitriles is 2. The summed E-state index contributed by atoms with van der Waals surface area (Å²) in [7, 11) is 0. The van der Waals surface area contributed by atoms with E-state index in [1.807, 2.05) is 26.0 Å². The van der Waals surface area contributed by atoms with E-state index in [1.165, 1.54) is 23.1 Å². The quantitative estimate of drug-likeness (QED) is 0.337. The number of para-hydroxylation sites is 1. The smallest absolute Gasteiger partial charge is 0.234 e. The number of nitrogens with two attached hydrogens (primary N) is 1. The van der Waals surface area contributed by atoms with Crippen LogP contribution < -0.4 is 16.0 Å². The normalized spacial score (nSPS) is 18.0. The van der Waals surface area contributed by atoms with E-state index in [1.54, 1.807) is 41.3 Å². The number of Topliss-reactive ketones (excluding diaryl/α,β-unsaturated/α-hetero) is 1. The molecule has 0 saturated heterocycles. The molecule has 2 aliphatic rings. The molecular weight excluding hydrogens is 578 g/mol. The summed E-state index contributed by atoms with van der Waals surface area (Å²) in [6.07, 6.45) is 0.879. The van der Waals surface area contributed by atoms with Crippen molar-refractivity contribution in [3.05, 3.63) is 87.3 Å². The van der Waals surface area contributed by atoms with Crippen molar-refractivity contribution in [2.24, 2.45) is 11.1 Å². The molecule has 0 spiro atoms. The Labute approximate surface area is 250 Å². The molecule has 0 bridgehead atoms. The van der Waals surface area contributed by atoms with E-state index in [-0.39, 0.29) is 34.3 Å². The van der Waals surface area contributed by atoms with Gasteiger partial charge in [-0.25, -0.2) is 0 Å². The summed E-state index contributed by atoms with van der Waals surface area (Å²) >= 11 is 8.52. The maximum Gasteiger partial charge on any atom is 0.234 e. The predicted molar refractivity (Wildman–Crippen MR) is 159 cm³/mol. The van der Waals surface area contributed by atoms with Gasteiger partial charge in [0.15, 0.2) is 10.1 Å². The average molecular weight is 602 g/mol. The third kappa shape index (κ3) is 5.70.